The summed E-state index contributed by atoms with van der Waals surface area (Å²) in [6.07, 6.45) is 2.43. The van der Waals surface area contributed by atoms with Crippen molar-refractivity contribution in [2.45, 2.75) is 19.3 Å². The molecule has 2 atom stereocenters. The molecule has 1 aliphatic carbocycles. The first-order valence-corrected chi connectivity index (χ1v) is 7.91. The van der Waals surface area contributed by atoms with Gasteiger partial charge in [-0.2, -0.15) is 0 Å². The molecule has 2 fully saturated rings. The van der Waals surface area contributed by atoms with Crippen molar-refractivity contribution in [3.63, 3.8) is 0 Å². The van der Waals surface area contributed by atoms with E-state index in [4.69, 9.17) is 0 Å². The fourth-order valence-electron chi connectivity index (χ4n) is 3.99. The molecule has 25 heavy (non-hydrogen) atoms. The van der Waals surface area contributed by atoms with Crippen LogP contribution in [0.4, 0.5) is 11.4 Å². The van der Waals surface area contributed by atoms with Crippen molar-refractivity contribution in [3.8, 4) is 0 Å². The summed E-state index contributed by atoms with van der Waals surface area (Å²) in [6.45, 7) is 0.978. The molecule has 1 aromatic carbocycles. The van der Waals surface area contributed by atoms with Gasteiger partial charge in [-0.25, -0.2) is 0 Å². The van der Waals surface area contributed by atoms with E-state index in [0.29, 0.717) is 19.5 Å². The molecule has 3 rings (SSSR count). The Kier molecular flexibility index (Phi) is 5.64. The number of para-hydroxylation sites is 2. The summed E-state index contributed by atoms with van der Waals surface area (Å²) in [6, 6.07) is 5.96. The van der Waals surface area contributed by atoms with Gasteiger partial charge in [0.15, 0.2) is 0 Å². The fourth-order valence-corrected chi connectivity index (χ4v) is 3.99. The standard InChI is InChI=1S/C16H19N3O5.ClH/c20-14(17-12-5-1-2-6-13(12)19(23)24)9-18-8-11-4-3-7-16(11,10-18)15(21)22;/h1-2,5-6,11H,3-4,7-10H2,(H,17,20)(H,21,22);1H/t11-,16+;/m0./s1. The molecule has 136 valence electrons. The number of carbonyl (C=O) groups is 2. The Labute approximate surface area is 150 Å². The molecule has 2 aliphatic rings. The zero-order valence-corrected chi connectivity index (χ0v) is 14.3. The highest BCUT2D eigenvalue weighted by Gasteiger charge is 2.54. The molecule has 0 aromatic heterocycles. The highest BCUT2D eigenvalue weighted by molar-refractivity contribution is 5.94. The maximum atomic E-state index is 12.2. The minimum absolute atomic E-state index is 0. The van der Waals surface area contributed by atoms with Crippen molar-refractivity contribution < 1.29 is 19.6 Å². The van der Waals surface area contributed by atoms with Crippen LogP contribution in [-0.4, -0.2) is 46.4 Å². The van der Waals surface area contributed by atoms with Gasteiger partial charge in [0, 0.05) is 19.2 Å². The highest BCUT2D eigenvalue weighted by atomic mass is 35.5. The molecule has 0 bridgehead atoms. The first kappa shape index (κ1) is 19.1. The van der Waals surface area contributed by atoms with Gasteiger partial charge in [0.1, 0.15) is 5.69 Å². The molecular weight excluding hydrogens is 350 g/mol. The Balaban J connectivity index is 0.00000225. The molecule has 0 unspecified atom stereocenters. The second-order valence-electron chi connectivity index (χ2n) is 6.54. The van der Waals surface area contributed by atoms with Crippen LogP contribution in [0, 0.1) is 21.4 Å². The first-order valence-electron chi connectivity index (χ1n) is 7.91. The average molecular weight is 370 g/mol. The SMILES string of the molecule is Cl.O=C(CN1C[C@@H]2CCC[C@@]2(C(=O)O)C1)Nc1ccccc1[N+](=O)[O-]. The third-order valence-corrected chi connectivity index (χ3v) is 5.11. The van der Waals surface area contributed by atoms with E-state index in [0.717, 1.165) is 12.8 Å². The predicted octanol–water partition coefficient (Wildman–Crippen LogP) is 2.14. The molecule has 1 saturated carbocycles. The van der Waals surface area contributed by atoms with E-state index >= 15 is 0 Å². The van der Waals surface area contributed by atoms with Gasteiger partial charge in [-0.1, -0.05) is 18.6 Å². The van der Waals surface area contributed by atoms with Crippen LogP contribution in [0.1, 0.15) is 19.3 Å². The van der Waals surface area contributed by atoms with Crippen LogP contribution < -0.4 is 5.32 Å². The summed E-state index contributed by atoms with van der Waals surface area (Å²) in [4.78, 5) is 36.1. The number of anilines is 1. The van der Waals surface area contributed by atoms with E-state index in [2.05, 4.69) is 5.32 Å². The lowest BCUT2D eigenvalue weighted by molar-refractivity contribution is -0.383. The predicted molar refractivity (Wildman–Crippen MR) is 92.8 cm³/mol. The van der Waals surface area contributed by atoms with E-state index in [1.165, 1.54) is 18.2 Å². The number of likely N-dealkylation sites (tertiary alicyclic amines) is 1. The van der Waals surface area contributed by atoms with Gasteiger partial charge in [0.2, 0.25) is 5.91 Å². The number of fused-ring (bicyclic) bond motifs is 1. The smallest absolute Gasteiger partial charge is 0.311 e. The van der Waals surface area contributed by atoms with Gasteiger partial charge in [-0.3, -0.25) is 24.6 Å². The number of halogens is 1. The maximum absolute atomic E-state index is 12.2. The zero-order chi connectivity index (χ0) is 17.3. The number of rotatable bonds is 5. The zero-order valence-electron chi connectivity index (χ0n) is 13.5. The number of carbonyl (C=O) groups excluding carboxylic acids is 1. The quantitative estimate of drug-likeness (QED) is 0.607. The summed E-state index contributed by atoms with van der Waals surface area (Å²) >= 11 is 0. The number of nitro benzene ring substituents is 1. The lowest BCUT2D eigenvalue weighted by atomic mass is 9.81. The third-order valence-electron chi connectivity index (χ3n) is 5.11. The molecular formula is C16H20ClN3O5. The van der Waals surface area contributed by atoms with Crippen LogP contribution in [0.25, 0.3) is 0 Å². The number of hydrogen-bond donors (Lipinski definition) is 2. The second-order valence-corrected chi connectivity index (χ2v) is 6.54. The lowest BCUT2D eigenvalue weighted by Crippen LogP contribution is -2.37. The fraction of sp³-hybridized carbons (Fsp3) is 0.500. The van der Waals surface area contributed by atoms with E-state index in [-0.39, 0.29) is 42.2 Å². The van der Waals surface area contributed by atoms with Gasteiger partial charge in [0.25, 0.3) is 5.69 Å². The molecule has 1 aromatic rings. The number of carboxylic acid groups (broad SMARTS) is 1. The third kappa shape index (κ3) is 3.59. The molecule has 1 saturated heterocycles. The van der Waals surface area contributed by atoms with Gasteiger partial charge >= 0.3 is 5.97 Å². The second kappa shape index (κ2) is 7.37. The molecule has 0 spiro atoms. The summed E-state index contributed by atoms with van der Waals surface area (Å²) in [5.41, 5.74) is -0.745. The van der Waals surface area contributed by atoms with Crippen LogP contribution in [0.5, 0.6) is 0 Å². The van der Waals surface area contributed by atoms with E-state index in [1.54, 1.807) is 6.07 Å². The Morgan fingerprint density at radius 2 is 2.12 bits per heavy atom. The summed E-state index contributed by atoms with van der Waals surface area (Å²) in [5.74, 6) is -1.08. The van der Waals surface area contributed by atoms with Crippen molar-refractivity contribution in [3.05, 3.63) is 34.4 Å². The van der Waals surface area contributed by atoms with Crippen LogP contribution in [0.15, 0.2) is 24.3 Å². The number of nitro groups is 1. The van der Waals surface area contributed by atoms with Crippen molar-refractivity contribution >= 4 is 35.7 Å². The molecule has 1 heterocycles. The van der Waals surface area contributed by atoms with Crippen molar-refractivity contribution in [1.82, 2.24) is 4.90 Å². The first-order chi connectivity index (χ1) is 11.4. The number of amides is 1. The minimum atomic E-state index is -0.786. The van der Waals surface area contributed by atoms with Crippen molar-refractivity contribution in [2.75, 3.05) is 25.0 Å². The molecule has 0 radical (unpaired) electrons. The Bertz CT molecular complexity index is 698. The Morgan fingerprint density at radius 3 is 2.76 bits per heavy atom. The highest BCUT2D eigenvalue weighted by Crippen LogP contribution is 2.48. The summed E-state index contributed by atoms with van der Waals surface area (Å²) < 4.78 is 0. The molecule has 8 nitrogen and oxygen atoms in total. The number of nitrogens with one attached hydrogen (secondary N) is 1. The maximum Gasteiger partial charge on any atom is 0.311 e. The number of aliphatic carboxylic acids is 1. The van der Waals surface area contributed by atoms with Gasteiger partial charge < -0.3 is 10.4 Å². The van der Waals surface area contributed by atoms with Crippen molar-refractivity contribution in [1.29, 1.82) is 0 Å². The summed E-state index contributed by atoms with van der Waals surface area (Å²) in [7, 11) is 0. The van der Waals surface area contributed by atoms with Gasteiger partial charge in [-0.15, -0.1) is 12.4 Å². The Hall–Kier alpha value is -2.19. The normalized spacial score (nSPS) is 25.0. The van der Waals surface area contributed by atoms with Crippen LogP contribution in [-0.2, 0) is 9.59 Å². The van der Waals surface area contributed by atoms with Crippen LogP contribution >= 0.6 is 12.4 Å². The number of carboxylic acids is 1. The number of hydrogen-bond acceptors (Lipinski definition) is 5. The molecule has 1 amide bonds. The van der Waals surface area contributed by atoms with Gasteiger partial charge in [-0.05, 0) is 24.8 Å². The van der Waals surface area contributed by atoms with Crippen LogP contribution in [0.2, 0.25) is 0 Å². The van der Waals surface area contributed by atoms with Crippen molar-refractivity contribution in [2.24, 2.45) is 11.3 Å². The minimum Gasteiger partial charge on any atom is -0.481 e. The van der Waals surface area contributed by atoms with Gasteiger partial charge in [0.05, 0.1) is 16.9 Å². The van der Waals surface area contributed by atoms with E-state index in [9.17, 15) is 24.8 Å². The topological polar surface area (TPSA) is 113 Å². The molecule has 1 aliphatic heterocycles. The molecule has 9 heteroatoms. The van der Waals surface area contributed by atoms with E-state index in [1.807, 2.05) is 4.90 Å². The average Bonchev–Trinajstić information content (AvgIpc) is 3.05. The number of nitrogens with zero attached hydrogens (tertiary/aromatic N) is 2. The monoisotopic (exact) mass is 369 g/mol. The number of benzene rings is 1. The largest absolute Gasteiger partial charge is 0.481 e. The molecule has 2 N–H and O–H groups in total. The lowest BCUT2D eigenvalue weighted by Gasteiger charge is -2.23. The Morgan fingerprint density at radius 1 is 1.40 bits per heavy atom. The van der Waals surface area contributed by atoms with E-state index < -0.39 is 16.3 Å². The summed E-state index contributed by atoms with van der Waals surface area (Å²) in [5, 5.41) is 23.1. The van der Waals surface area contributed by atoms with Crippen LogP contribution in [0.3, 0.4) is 0 Å².